The van der Waals surface area contributed by atoms with Gasteiger partial charge in [-0.05, 0) is 193 Å². The molecule has 0 radical (unpaired) electrons. The number of aromatic nitrogens is 3. The molecule has 15 rings (SSSR count). The van der Waals surface area contributed by atoms with Gasteiger partial charge in [-0.25, -0.2) is 16.3 Å². The molecule has 4 saturated heterocycles. The summed E-state index contributed by atoms with van der Waals surface area (Å²) in [6.45, 7) is 20.1. The molecule has 6 fully saturated rings. The second-order valence-corrected chi connectivity index (χ2v) is 35.2. The molecule has 3 aromatic carbocycles. The van der Waals surface area contributed by atoms with E-state index in [1.807, 2.05) is 118 Å². The van der Waals surface area contributed by atoms with E-state index < -0.39 is 118 Å². The quantitative estimate of drug-likeness (QED) is 0.0615. The summed E-state index contributed by atoms with van der Waals surface area (Å²) in [6, 6.07) is 23.2. The van der Waals surface area contributed by atoms with Crippen molar-refractivity contribution < 1.29 is 86.0 Å². The van der Waals surface area contributed by atoms with Crippen LogP contribution in [0.25, 0.3) is 50.9 Å². The van der Waals surface area contributed by atoms with E-state index in [0.717, 1.165) is 81.5 Å². The zero-order valence-corrected chi connectivity index (χ0v) is 72.8. The fourth-order valence-electron chi connectivity index (χ4n) is 15.8. The second kappa shape index (κ2) is 39.4. The van der Waals surface area contributed by atoms with Crippen molar-refractivity contribution in [2.24, 2.45) is 28.1 Å². The first-order valence-electron chi connectivity index (χ1n) is 43.3. The maximum absolute atomic E-state index is 13.7. The third kappa shape index (κ3) is 22.1. The van der Waals surface area contributed by atoms with Crippen LogP contribution in [0.3, 0.4) is 0 Å². The van der Waals surface area contributed by atoms with Crippen molar-refractivity contribution in [2.75, 3.05) is 46.8 Å². The number of hydrogen-bond donors (Lipinski definition) is 9. The number of carbonyl (C=O) groups is 12. The van der Waals surface area contributed by atoms with E-state index in [4.69, 9.17) is 43.4 Å². The predicted octanol–water partition coefficient (Wildman–Crippen LogP) is 7.34. The van der Waals surface area contributed by atoms with Crippen LogP contribution in [0, 0.1) is 28.1 Å². The number of rotatable bonds is 4. The lowest BCUT2D eigenvalue weighted by molar-refractivity contribution is -0.191. The van der Waals surface area contributed by atoms with Gasteiger partial charge < -0.3 is 60.3 Å². The molecule has 33 heteroatoms. The highest BCUT2D eigenvalue weighted by molar-refractivity contribution is 5.96. The van der Waals surface area contributed by atoms with Crippen LogP contribution >= 0.6 is 0 Å². The van der Waals surface area contributed by atoms with Crippen molar-refractivity contribution in [2.45, 2.75) is 226 Å². The normalized spacial score (nSPS) is 28.7. The van der Waals surface area contributed by atoms with Gasteiger partial charge in [0.25, 0.3) is 35.4 Å². The summed E-state index contributed by atoms with van der Waals surface area (Å²) in [5.74, 6) is -5.53. The Morgan fingerprint density at radius 1 is 0.392 bits per heavy atom. The Bertz CT molecular complexity index is 4990. The first kappa shape index (κ1) is 91.2. The van der Waals surface area contributed by atoms with Gasteiger partial charge in [-0.1, -0.05) is 97.5 Å². The van der Waals surface area contributed by atoms with E-state index in [2.05, 4.69) is 48.2 Å². The Morgan fingerprint density at radius 2 is 0.728 bits per heavy atom. The van der Waals surface area contributed by atoms with Gasteiger partial charge in [0.2, 0.25) is 23.8 Å². The number of fused-ring (bicyclic) bond motifs is 12. The van der Waals surface area contributed by atoms with Gasteiger partial charge in [-0.3, -0.25) is 87.5 Å². The average Bonchev–Trinajstić information content (AvgIpc) is 1.78. The van der Waals surface area contributed by atoms with Crippen molar-refractivity contribution >= 4 is 122 Å². The lowest BCUT2D eigenvalue weighted by Gasteiger charge is -2.36. The first-order chi connectivity index (χ1) is 59.6. The van der Waals surface area contributed by atoms with E-state index >= 15 is 0 Å². The number of hydrogen-bond acceptors (Lipinski definition) is 24. The van der Waals surface area contributed by atoms with Gasteiger partial charge >= 0.3 is 17.9 Å². The van der Waals surface area contributed by atoms with Crippen LogP contribution in [0.5, 0.6) is 0 Å². The molecular formula is C92H115N15O18. The minimum absolute atomic E-state index is 0.0330. The Labute approximate surface area is 726 Å². The number of hydrazine groups is 3. The number of methoxy groups -OCH3 is 1. The molecular weight excluding hydrogens is 1600 g/mol. The van der Waals surface area contributed by atoms with Gasteiger partial charge in [-0.15, -0.1) is 0 Å². The molecule has 125 heavy (non-hydrogen) atoms. The minimum Gasteiger partial charge on any atom is -0.451 e. The summed E-state index contributed by atoms with van der Waals surface area (Å²) in [5, 5.41) is 24.1. The largest absolute Gasteiger partial charge is 0.451 e. The summed E-state index contributed by atoms with van der Waals surface area (Å²) in [5.41, 5.74) is 12.5. The third-order valence-corrected chi connectivity index (χ3v) is 24.3. The molecule has 9 amide bonds. The molecule has 3 aromatic heterocycles. The summed E-state index contributed by atoms with van der Waals surface area (Å²) in [7, 11) is 1.41. The molecule has 9 N–H and O–H groups in total. The number of cyclic esters (lactones) is 3. The van der Waals surface area contributed by atoms with E-state index in [-0.39, 0.29) is 79.5 Å². The maximum Gasteiger partial charge on any atom is 0.321 e. The predicted molar refractivity (Wildman–Crippen MR) is 461 cm³/mol. The first-order valence-corrected chi connectivity index (χ1v) is 43.3. The number of nitrogens with zero attached hydrogens (tertiary/aromatic N) is 6. The number of pyridine rings is 3. The molecule has 666 valence electrons. The van der Waals surface area contributed by atoms with Crippen molar-refractivity contribution in [1.29, 1.82) is 0 Å². The highest BCUT2D eigenvalue weighted by Crippen LogP contribution is 2.39. The number of ether oxygens (including phenoxy) is 6. The van der Waals surface area contributed by atoms with Crippen LogP contribution < -0.4 is 48.2 Å². The Hall–Kier alpha value is -11.5. The zero-order chi connectivity index (χ0) is 89.3. The van der Waals surface area contributed by atoms with Gasteiger partial charge in [0.05, 0.1) is 75.8 Å². The molecule has 0 unspecified atom stereocenters. The number of amides is 9. The van der Waals surface area contributed by atoms with E-state index in [0.29, 0.717) is 75.2 Å². The number of benzene rings is 3. The van der Waals surface area contributed by atoms with Crippen LogP contribution in [0.15, 0.2) is 109 Å². The lowest BCUT2D eigenvalue weighted by Crippen LogP contribution is -2.61. The smallest absolute Gasteiger partial charge is 0.321 e. The topological polar surface area (TPSA) is 417 Å². The summed E-state index contributed by atoms with van der Waals surface area (Å²) in [6.07, 6.45) is 14.0. The maximum atomic E-state index is 13.7. The molecule has 1 spiro atoms. The van der Waals surface area contributed by atoms with Gasteiger partial charge in [0.15, 0.2) is 12.2 Å². The third-order valence-electron chi connectivity index (χ3n) is 24.3. The number of nitrogens with one attached hydrogen (secondary N) is 9. The van der Waals surface area contributed by atoms with E-state index in [1.165, 1.54) is 22.1 Å². The summed E-state index contributed by atoms with van der Waals surface area (Å²) < 4.78 is 33.8. The summed E-state index contributed by atoms with van der Waals surface area (Å²) in [4.78, 5) is 174. The fraction of sp³-hybridized carbons (Fsp3) is 0.511. The molecule has 13 atom stereocenters. The van der Waals surface area contributed by atoms with Crippen LogP contribution in [0.1, 0.15) is 199 Å². The highest BCUT2D eigenvalue weighted by atomic mass is 16.7. The van der Waals surface area contributed by atoms with Gasteiger partial charge in [0, 0.05) is 54.7 Å². The van der Waals surface area contributed by atoms with Gasteiger partial charge in [0.1, 0.15) is 54.6 Å². The molecule has 15 bridgehead atoms. The standard InChI is InChI=1S/C31H37N5O7.C31H39N5O5.C30H39N5O6/c1-18-23-10-9-21-6-5-20(14-25(21)34-23)11-12-31(15-41-17-42-16-31)30(40)43-26(22-7-8-22)28(38)33-19(2)29(39)36-13-3-4-24(35-36)27(37)32-18;1-18-23-13-12-21-11-10-20(17-25(21)34-23)14-15-31(3,4)30(40)41-26(22-7-5-8-22)28(38)33-19(2)29(39)36-16-6-9-24(35-36)27(37)32-18;1-17-22-12-11-21-10-9-20(16-24(21)33-22)13-14-30(4,5)29(39)41-25(19(3)40-6)27(37)32-18(2)28(38)35-15-7-8-23(34-35)26(36)31-17/h5-6,9-12,14,18-19,22,24,26,35H,3-4,7-8,13,15-17H2,1-2H3,(H,32,37)(H,33,38);10-15,17-19,22,24,26,35H,5-9,16H2,1-4H3,(H,32,37)(H,33,38);9-14,16-19,23,25,34H,7-8,15H2,1-6H3,(H,31,36)(H,32,37)/b12-11+;15-14+;14-13+/t2*18-,19+,24+,26+;17-,18+,19+,23+,25+/m111/s1. The molecule has 7 aliphatic heterocycles. The van der Waals surface area contributed by atoms with E-state index in [9.17, 15) is 57.5 Å². The molecule has 33 nitrogen and oxygen atoms in total. The Morgan fingerprint density at radius 3 is 1.09 bits per heavy atom. The Kier molecular flexibility index (Phi) is 28.7. The average molecular weight is 1720 g/mol. The Balaban J connectivity index is 0.000000161. The van der Waals surface area contributed by atoms with Crippen molar-refractivity contribution in [3.05, 3.63) is 143 Å². The van der Waals surface area contributed by atoms with Crippen molar-refractivity contribution in [3.8, 4) is 0 Å². The second-order valence-electron chi connectivity index (χ2n) is 35.2. The van der Waals surface area contributed by atoms with Gasteiger partial charge in [-0.2, -0.15) is 0 Å². The van der Waals surface area contributed by atoms with Crippen LogP contribution in [0.2, 0.25) is 0 Å². The van der Waals surface area contributed by atoms with Crippen molar-refractivity contribution in [1.82, 2.24) is 78.2 Å². The van der Waals surface area contributed by atoms with Crippen LogP contribution in [-0.4, -0.2) is 208 Å². The highest BCUT2D eigenvalue weighted by Gasteiger charge is 2.48. The molecule has 10 heterocycles. The lowest BCUT2D eigenvalue weighted by atomic mass is 9.80. The molecule has 2 saturated carbocycles. The van der Waals surface area contributed by atoms with Crippen LogP contribution in [-0.2, 0) is 86.0 Å². The minimum atomic E-state index is -1.29. The molecule has 2 aliphatic carbocycles. The monoisotopic (exact) mass is 1720 g/mol. The molecule has 9 aliphatic rings. The SMILES string of the molecule is CO[C@@H](C)[C@@H]1OC(=O)C(C)(C)/C=C/c2ccc3ccc(nc3c2)[C@@H](C)NC(=O)[C@@H]2CCCN(N2)C(=O)[C@H](C)NC1=O.C[C@@H]1NC(=O)[C@H](C2CC2)OC(=O)C2(/C=C/c3ccc4ccc(nc4c3)[C@@H](C)NC(=O)[C@@H]3CCCN(N3)C1=O)COCOC2.C[C@@H]1NC(=O)[C@H](C2CCC2)OC(=O)C(C)(C)/C=C/c2ccc3ccc(nc3c2)[C@@H](C)NC(=O)[C@@H]2CCCN(N2)C1=O. The molecule has 6 aromatic rings. The van der Waals surface area contributed by atoms with Crippen molar-refractivity contribution in [3.63, 3.8) is 0 Å². The van der Waals surface area contributed by atoms with E-state index in [1.54, 1.807) is 85.8 Å². The summed E-state index contributed by atoms with van der Waals surface area (Å²) >= 11 is 0. The number of carbonyl (C=O) groups excluding carboxylic acids is 12. The zero-order valence-electron chi connectivity index (χ0n) is 72.8. The van der Waals surface area contributed by atoms with Crippen LogP contribution in [0.4, 0.5) is 0 Å². The fourth-order valence-corrected chi connectivity index (χ4v) is 15.8. The number of esters is 3.